The Hall–Kier alpha value is -4.95. The SMILES string of the molecule is CC(C)NC(C)(C)/C=C(/C#N)C(=O)N1CC[C@H](n2c(=O)n(-c3ccc(Oc4ccccc4)cc3)c3c(N)ncnc32)C1. The normalized spacial score (nSPS) is 15.8. The number of likely N-dealkylation sites (tertiary alicyclic amines) is 1. The number of imidazole rings is 1. The Morgan fingerprint density at radius 3 is 2.50 bits per heavy atom. The zero-order valence-corrected chi connectivity index (χ0v) is 24.1. The molecule has 2 aromatic carbocycles. The van der Waals surface area contributed by atoms with Crippen LogP contribution in [0.15, 0.2) is 77.4 Å². The molecule has 5 rings (SSSR count). The molecule has 1 atom stereocenters. The van der Waals surface area contributed by atoms with Crippen LogP contribution in [0.1, 0.15) is 40.2 Å². The van der Waals surface area contributed by atoms with Gasteiger partial charge >= 0.3 is 5.69 Å². The quantitative estimate of drug-likeness (QED) is 0.241. The summed E-state index contributed by atoms with van der Waals surface area (Å²) >= 11 is 0. The molecular weight excluding hydrogens is 532 g/mol. The minimum Gasteiger partial charge on any atom is -0.457 e. The maximum atomic E-state index is 14.0. The van der Waals surface area contributed by atoms with E-state index >= 15 is 0 Å². The van der Waals surface area contributed by atoms with Gasteiger partial charge in [0.2, 0.25) is 0 Å². The lowest BCUT2D eigenvalue weighted by molar-refractivity contribution is -0.125. The number of hydrogen-bond donors (Lipinski definition) is 2. The van der Waals surface area contributed by atoms with E-state index < -0.39 is 5.54 Å². The molecule has 0 aliphatic carbocycles. The van der Waals surface area contributed by atoms with Crippen molar-refractivity contribution >= 4 is 22.9 Å². The summed E-state index contributed by atoms with van der Waals surface area (Å²) < 4.78 is 8.96. The van der Waals surface area contributed by atoms with Crippen LogP contribution in [0.5, 0.6) is 11.5 Å². The molecule has 42 heavy (non-hydrogen) atoms. The van der Waals surface area contributed by atoms with E-state index in [1.54, 1.807) is 39.8 Å². The Bertz CT molecular complexity index is 1730. The number of aromatic nitrogens is 4. The Balaban J connectivity index is 1.45. The van der Waals surface area contributed by atoms with Crippen molar-refractivity contribution in [3.63, 3.8) is 0 Å². The number of ether oxygens (including phenoxy) is 1. The average Bonchev–Trinajstić information content (AvgIpc) is 3.54. The second kappa shape index (κ2) is 11.5. The summed E-state index contributed by atoms with van der Waals surface area (Å²) in [7, 11) is 0. The van der Waals surface area contributed by atoms with Gasteiger partial charge < -0.3 is 20.7 Å². The van der Waals surface area contributed by atoms with Crippen molar-refractivity contribution in [1.29, 1.82) is 5.26 Å². The average molecular weight is 567 g/mol. The molecule has 4 aromatic rings. The maximum absolute atomic E-state index is 14.0. The smallest absolute Gasteiger partial charge is 0.335 e. The van der Waals surface area contributed by atoms with E-state index in [4.69, 9.17) is 10.5 Å². The van der Waals surface area contributed by atoms with E-state index in [2.05, 4.69) is 21.4 Å². The maximum Gasteiger partial charge on any atom is 0.335 e. The highest BCUT2D eigenvalue weighted by molar-refractivity contribution is 5.97. The van der Waals surface area contributed by atoms with Gasteiger partial charge in [0.1, 0.15) is 35.0 Å². The van der Waals surface area contributed by atoms with Crippen molar-refractivity contribution < 1.29 is 9.53 Å². The summed E-state index contributed by atoms with van der Waals surface area (Å²) in [5.41, 5.74) is 6.80. The Morgan fingerprint density at radius 1 is 1.14 bits per heavy atom. The van der Waals surface area contributed by atoms with Gasteiger partial charge in [0, 0.05) is 24.7 Å². The van der Waals surface area contributed by atoms with Gasteiger partial charge in [-0.2, -0.15) is 5.26 Å². The van der Waals surface area contributed by atoms with Gasteiger partial charge in [-0.3, -0.25) is 13.9 Å². The zero-order chi connectivity index (χ0) is 30.0. The van der Waals surface area contributed by atoms with Gasteiger partial charge in [-0.25, -0.2) is 14.8 Å². The highest BCUT2D eigenvalue weighted by atomic mass is 16.5. The number of anilines is 1. The van der Waals surface area contributed by atoms with Crippen LogP contribution in [0.4, 0.5) is 5.82 Å². The van der Waals surface area contributed by atoms with Crippen LogP contribution in [0, 0.1) is 11.3 Å². The molecule has 1 fully saturated rings. The third-order valence-electron chi connectivity index (χ3n) is 7.09. The lowest BCUT2D eigenvalue weighted by atomic mass is 10.00. The third kappa shape index (κ3) is 5.75. The summed E-state index contributed by atoms with van der Waals surface area (Å²) in [6.45, 7) is 8.50. The van der Waals surface area contributed by atoms with Crippen molar-refractivity contribution in [2.45, 2.75) is 51.7 Å². The van der Waals surface area contributed by atoms with E-state index in [0.29, 0.717) is 41.3 Å². The number of nitrogens with zero attached hydrogens (tertiary/aromatic N) is 6. The number of amides is 1. The van der Waals surface area contributed by atoms with Crippen LogP contribution < -0.4 is 21.5 Å². The number of benzene rings is 2. The molecule has 0 spiro atoms. The number of fused-ring (bicyclic) bond motifs is 1. The number of carbonyl (C=O) groups excluding carboxylic acids is 1. The molecule has 11 nitrogen and oxygen atoms in total. The topological polar surface area (TPSA) is 144 Å². The molecule has 1 saturated heterocycles. The van der Waals surface area contributed by atoms with E-state index in [1.807, 2.05) is 58.0 Å². The molecule has 1 aliphatic rings. The monoisotopic (exact) mass is 566 g/mol. The minimum atomic E-state index is -0.547. The van der Waals surface area contributed by atoms with Crippen LogP contribution >= 0.6 is 0 Å². The van der Waals surface area contributed by atoms with Gasteiger partial charge in [-0.15, -0.1) is 0 Å². The summed E-state index contributed by atoms with van der Waals surface area (Å²) in [6.07, 6.45) is 3.51. The second-order valence-corrected chi connectivity index (χ2v) is 11.2. The Morgan fingerprint density at radius 2 is 1.83 bits per heavy atom. The molecular formula is C31H34N8O3. The number of para-hydroxylation sites is 1. The standard InChI is InChI=1S/C31H34N8O3/c1-20(2)36-31(3,4)16-21(17-32)29(40)37-15-14-23(18-37)39-28-26(27(33)34-19-35-28)38(30(39)41)22-10-12-25(13-11-22)42-24-8-6-5-7-9-24/h5-13,16,19-20,23,36H,14-15,18H2,1-4H3,(H2,33,34,35)/b21-16-/t23-/m0/s1. The van der Waals surface area contributed by atoms with Crippen LogP contribution in [-0.2, 0) is 4.79 Å². The first-order chi connectivity index (χ1) is 20.1. The predicted molar refractivity (Wildman–Crippen MR) is 160 cm³/mol. The number of nitriles is 1. The number of nitrogens with two attached hydrogens (primary N) is 1. The van der Waals surface area contributed by atoms with E-state index in [0.717, 1.165) is 0 Å². The molecule has 1 amide bonds. The molecule has 3 heterocycles. The number of rotatable bonds is 8. The molecule has 2 aromatic heterocycles. The first-order valence-electron chi connectivity index (χ1n) is 13.8. The molecule has 1 aliphatic heterocycles. The highest BCUT2D eigenvalue weighted by Crippen LogP contribution is 2.29. The van der Waals surface area contributed by atoms with Crippen molar-refractivity contribution in [3.8, 4) is 23.3 Å². The van der Waals surface area contributed by atoms with Crippen molar-refractivity contribution in [3.05, 3.63) is 83.1 Å². The van der Waals surface area contributed by atoms with Crippen molar-refractivity contribution in [2.75, 3.05) is 18.8 Å². The molecule has 3 N–H and O–H groups in total. The number of hydrogen-bond acceptors (Lipinski definition) is 8. The lowest BCUT2D eigenvalue weighted by Gasteiger charge is -2.26. The van der Waals surface area contributed by atoms with Crippen LogP contribution in [0.3, 0.4) is 0 Å². The minimum absolute atomic E-state index is 0.0629. The molecule has 0 unspecified atom stereocenters. The Kier molecular flexibility index (Phi) is 7.83. The largest absolute Gasteiger partial charge is 0.457 e. The molecule has 0 radical (unpaired) electrons. The predicted octanol–water partition coefficient (Wildman–Crippen LogP) is 3.96. The van der Waals surface area contributed by atoms with Gasteiger partial charge in [0.25, 0.3) is 5.91 Å². The van der Waals surface area contributed by atoms with Gasteiger partial charge in [0.05, 0.1) is 11.7 Å². The fourth-order valence-electron chi connectivity index (χ4n) is 5.52. The fraction of sp³-hybridized carbons (Fsp3) is 0.323. The second-order valence-electron chi connectivity index (χ2n) is 11.2. The van der Waals surface area contributed by atoms with Gasteiger partial charge in [-0.1, -0.05) is 32.0 Å². The third-order valence-corrected chi connectivity index (χ3v) is 7.09. The van der Waals surface area contributed by atoms with E-state index in [9.17, 15) is 14.9 Å². The van der Waals surface area contributed by atoms with E-state index in [1.165, 1.54) is 10.9 Å². The summed E-state index contributed by atoms with van der Waals surface area (Å²) in [5, 5.41) is 13.1. The first kappa shape index (κ1) is 28.6. The highest BCUT2D eigenvalue weighted by Gasteiger charge is 2.33. The summed E-state index contributed by atoms with van der Waals surface area (Å²) in [4.78, 5) is 37.5. The number of nitrogen functional groups attached to an aromatic ring is 1. The fourth-order valence-corrected chi connectivity index (χ4v) is 5.52. The van der Waals surface area contributed by atoms with Crippen LogP contribution in [-0.4, -0.2) is 54.6 Å². The molecule has 11 heteroatoms. The van der Waals surface area contributed by atoms with Gasteiger partial charge in [-0.05, 0) is 62.7 Å². The zero-order valence-electron chi connectivity index (χ0n) is 24.1. The number of nitrogens with one attached hydrogen (secondary N) is 1. The van der Waals surface area contributed by atoms with Crippen LogP contribution in [0.2, 0.25) is 0 Å². The Labute approximate surface area is 243 Å². The van der Waals surface area contributed by atoms with Gasteiger partial charge in [0.15, 0.2) is 11.5 Å². The molecule has 216 valence electrons. The molecule has 0 bridgehead atoms. The van der Waals surface area contributed by atoms with E-state index in [-0.39, 0.29) is 41.6 Å². The molecule has 0 saturated carbocycles. The first-order valence-corrected chi connectivity index (χ1v) is 13.8. The summed E-state index contributed by atoms with van der Waals surface area (Å²) in [5.74, 6) is 1.12. The van der Waals surface area contributed by atoms with Crippen molar-refractivity contribution in [2.24, 2.45) is 0 Å². The lowest BCUT2D eigenvalue weighted by Crippen LogP contribution is -2.43. The summed E-state index contributed by atoms with van der Waals surface area (Å²) in [6, 6.07) is 18.4. The van der Waals surface area contributed by atoms with Crippen molar-refractivity contribution in [1.82, 2.24) is 29.3 Å². The van der Waals surface area contributed by atoms with Crippen LogP contribution in [0.25, 0.3) is 16.9 Å². The number of carbonyl (C=O) groups is 1.